The smallest absolute Gasteiger partial charge is 0.184 e. The SMILES string of the molecule is C#CC(C)ON=C1c2cc3c(cc2-c2[nH]c4ccc(OCCN(C)C)cc4c21)OCCO3.Cl. The highest BCUT2D eigenvalue weighted by Gasteiger charge is 2.33. The predicted molar refractivity (Wildman–Crippen MR) is 131 cm³/mol. The molecular weight excluding hydrogens is 442 g/mol. The van der Waals surface area contributed by atoms with Gasteiger partial charge in [-0.05, 0) is 51.4 Å². The quantitative estimate of drug-likeness (QED) is 0.342. The number of likely N-dealkylation sites (N-methyl/N-ethyl adjacent to an activating group) is 1. The zero-order chi connectivity index (χ0) is 22.2. The van der Waals surface area contributed by atoms with Crippen molar-refractivity contribution in [1.29, 1.82) is 0 Å². The maximum absolute atomic E-state index is 5.97. The van der Waals surface area contributed by atoms with Crippen molar-refractivity contribution < 1.29 is 19.0 Å². The van der Waals surface area contributed by atoms with E-state index in [0.29, 0.717) is 31.3 Å². The second-order valence-corrected chi connectivity index (χ2v) is 8.13. The Kier molecular flexibility index (Phi) is 6.41. The summed E-state index contributed by atoms with van der Waals surface area (Å²) in [5.41, 5.74) is 5.54. The van der Waals surface area contributed by atoms with Crippen LogP contribution in [0.25, 0.3) is 22.2 Å². The Morgan fingerprint density at radius 1 is 1.15 bits per heavy atom. The Morgan fingerprint density at radius 2 is 1.88 bits per heavy atom. The van der Waals surface area contributed by atoms with E-state index in [1.54, 1.807) is 6.92 Å². The number of rotatable bonds is 6. The fourth-order valence-electron chi connectivity index (χ4n) is 3.94. The zero-order valence-corrected chi connectivity index (χ0v) is 19.6. The van der Waals surface area contributed by atoms with Crippen molar-refractivity contribution in [2.75, 3.05) is 40.5 Å². The van der Waals surface area contributed by atoms with Crippen molar-refractivity contribution in [3.8, 4) is 40.8 Å². The van der Waals surface area contributed by atoms with E-state index in [4.69, 9.17) is 25.5 Å². The van der Waals surface area contributed by atoms with Crippen LogP contribution in [0.3, 0.4) is 0 Å². The second-order valence-electron chi connectivity index (χ2n) is 8.13. The van der Waals surface area contributed by atoms with E-state index in [1.807, 2.05) is 44.4 Å². The molecule has 1 N–H and O–H groups in total. The number of terminal acetylenes is 1. The van der Waals surface area contributed by atoms with Crippen LogP contribution in [0.1, 0.15) is 18.1 Å². The molecule has 2 aromatic carbocycles. The van der Waals surface area contributed by atoms with Gasteiger partial charge in [0.2, 0.25) is 0 Å². The number of ether oxygens (including phenoxy) is 3. The van der Waals surface area contributed by atoms with Gasteiger partial charge in [-0.3, -0.25) is 0 Å². The highest BCUT2D eigenvalue weighted by Crippen LogP contribution is 2.46. The van der Waals surface area contributed by atoms with Gasteiger partial charge >= 0.3 is 0 Å². The standard InChI is InChI=1S/C25H25N3O4.ClH/c1-5-15(2)32-27-25-18-14-22-21(30-10-11-31-22)13-17(18)24-23(25)19-12-16(6-7-20(19)26-24)29-9-8-28(3)4;/h1,6-7,12-15,26H,8-11H2,2-4H3;1H. The van der Waals surface area contributed by atoms with Gasteiger partial charge in [-0.2, -0.15) is 0 Å². The van der Waals surface area contributed by atoms with Crippen LogP contribution in [0, 0.1) is 12.3 Å². The summed E-state index contributed by atoms with van der Waals surface area (Å²) in [6.45, 7) is 4.28. The van der Waals surface area contributed by atoms with Crippen molar-refractivity contribution in [3.05, 3.63) is 41.5 Å². The minimum Gasteiger partial charge on any atom is -0.492 e. The molecule has 3 aromatic rings. The van der Waals surface area contributed by atoms with Crippen LogP contribution in [-0.4, -0.2) is 62.2 Å². The Morgan fingerprint density at radius 3 is 2.58 bits per heavy atom. The van der Waals surface area contributed by atoms with E-state index in [-0.39, 0.29) is 12.4 Å². The average molecular weight is 468 g/mol. The summed E-state index contributed by atoms with van der Waals surface area (Å²) in [6.07, 6.45) is 5.05. The Hall–Kier alpha value is -3.34. The molecule has 1 atom stereocenters. The highest BCUT2D eigenvalue weighted by atomic mass is 35.5. The maximum atomic E-state index is 5.97. The molecule has 0 fully saturated rings. The average Bonchev–Trinajstić information content (AvgIpc) is 3.30. The van der Waals surface area contributed by atoms with Crippen LogP contribution in [0.2, 0.25) is 0 Å². The summed E-state index contributed by atoms with van der Waals surface area (Å²) < 4.78 is 17.6. The first kappa shape index (κ1) is 22.8. The molecule has 0 saturated carbocycles. The number of nitrogens with one attached hydrogen (secondary N) is 1. The molecule has 172 valence electrons. The Balaban J connectivity index is 0.00000259. The fourth-order valence-corrected chi connectivity index (χ4v) is 3.94. The molecule has 1 aromatic heterocycles. The summed E-state index contributed by atoms with van der Waals surface area (Å²) in [6, 6.07) is 10.0. The Labute approximate surface area is 199 Å². The maximum Gasteiger partial charge on any atom is 0.184 e. The number of hydrogen-bond acceptors (Lipinski definition) is 6. The summed E-state index contributed by atoms with van der Waals surface area (Å²) in [4.78, 5) is 11.2. The number of aromatic amines is 1. The van der Waals surface area contributed by atoms with Crippen molar-refractivity contribution in [1.82, 2.24) is 9.88 Å². The van der Waals surface area contributed by atoms with Gasteiger partial charge in [-0.1, -0.05) is 11.1 Å². The molecule has 33 heavy (non-hydrogen) atoms. The monoisotopic (exact) mass is 467 g/mol. The molecule has 8 heteroatoms. The summed E-state index contributed by atoms with van der Waals surface area (Å²) in [7, 11) is 4.05. The van der Waals surface area contributed by atoms with Gasteiger partial charge in [0.05, 0.1) is 5.69 Å². The molecule has 1 aliphatic carbocycles. The molecule has 0 radical (unpaired) electrons. The Bertz CT molecular complexity index is 1260. The lowest BCUT2D eigenvalue weighted by Gasteiger charge is -2.19. The van der Waals surface area contributed by atoms with Gasteiger partial charge in [-0.25, -0.2) is 0 Å². The largest absolute Gasteiger partial charge is 0.492 e. The van der Waals surface area contributed by atoms with Crippen LogP contribution in [-0.2, 0) is 4.84 Å². The van der Waals surface area contributed by atoms with Crippen LogP contribution < -0.4 is 14.2 Å². The molecule has 0 bridgehead atoms. The molecule has 0 amide bonds. The molecule has 0 spiro atoms. The number of nitrogens with zero attached hydrogens (tertiary/aromatic N) is 2. The number of aromatic nitrogens is 1. The van der Waals surface area contributed by atoms with Crippen LogP contribution >= 0.6 is 12.4 Å². The summed E-state index contributed by atoms with van der Waals surface area (Å²) >= 11 is 0. The molecule has 2 heterocycles. The van der Waals surface area contributed by atoms with E-state index in [2.05, 4.69) is 21.0 Å². The number of fused-ring (bicyclic) bond motifs is 6. The van der Waals surface area contributed by atoms with Gasteiger partial charge in [-0.15, -0.1) is 18.8 Å². The number of H-pyrrole nitrogens is 1. The van der Waals surface area contributed by atoms with E-state index >= 15 is 0 Å². The lowest BCUT2D eigenvalue weighted by Crippen LogP contribution is -2.19. The van der Waals surface area contributed by atoms with E-state index in [0.717, 1.165) is 51.3 Å². The fraction of sp³-hybridized carbons (Fsp3) is 0.320. The van der Waals surface area contributed by atoms with Crippen LogP contribution in [0.15, 0.2) is 35.5 Å². The van der Waals surface area contributed by atoms with E-state index in [1.165, 1.54) is 0 Å². The molecule has 1 unspecified atom stereocenters. The normalized spacial score (nSPS) is 15.5. The van der Waals surface area contributed by atoms with Crippen molar-refractivity contribution in [3.63, 3.8) is 0 Å². The van der Waals surface area contributed by atoms with Gasteiger partial charge in [0.25, 0.3) is 0 Å². The molecule has 2 aliphatic rings. The topological polar surface area (TPSA) is 68.3 Å². The molecule has 7 nitrogen and oxygen atoms in total. The number of halogens is 1. The van der Waals surface area contributed by atoms with Crippen molar-refractivity contribution in [2.45, 2.75) is 13.0 Å². The lowest BCUT2D eigenvalue weighted by atomic mass is 10.1. The number of hydrogen-bond donors (Lipinski definition) is 1. The minimum absolute atomic E-state index is 0. The first-order valence-electron chi connectivity index (χ1n) is 10.6. The molecule has 5 rings (SSSR count). The number of oxime groups is 1. The van der Waals surface area contributed by atoms with Crippen molar-refractivity contribution >= 4 is 29.0 Å². The molecule has 1 aliphatic heterocycles. The first-order valence-corrected chi connectivity index (χ1v) is 10.6. The lowest BCUT2D eigenvalue weighted by molar-refractivity contribution is 0.113. The summed E-state index contributed by atoms with van der Waals surface area (Å²) in [5, 5.41) is 5.48. The predicted octanol–water partition coefficient (Wildman–Crippen LogP) is 4.07. The van der Waals surface area contributed by atoms with E-state index in [9.17, 15) is 0 Å². The van der Waals surface area contributed by atoms with Crippen LogP contribution in [0.5, 0.6) is 17.2 Å². The summed E-state index contributed by atoms with van der Waals surface area (Å²) in [5.74, 6) is 4.79. The van der Waals surface area contributed by atoms with Gasteiger partial charge in [0, 0.05) is 34.1 Å². The van der Waals surface area contributed by atoms with Gasteiger partial charge in [0.1, 0.15) is 31.3 Å². The van der Waals surface area contributed by atoms with Crippen molar-refractivity contribution in [2.24, 2.45) is 5.16 Å². The third kappa shape index (κ3) is 4.20. The molecule has 0 saturated heterocycles. The first-order chi connectivity index (χ1) is 15.5. The highest BCUT2D eigenvalue weighted by molar-refractivity contribution is 6.30. The van der Waals surface area contributed by atoms with Crippen LogP contribution in [0.4, 0.5) is 0 Å². The second kappa shape index (κ2) is 9.26. The number of benzene rings is 2. The third-order valence-electron chi connectivity index (χ3n) is 5.56. The van der Waals surface area contributed by atoms with Gasteiger partial charge in [0.15, 0.2) is 17.6 Å². The zero-order valence-electron chi connectivity index (χ0n) is 18.8. The van der Waals surface area contributed by atoms with Gasteiger partial charge < -0.3 is 28.9 Å². The van der Waals surface area contributed by atoms with E-state index < -0.39 is 6.10 Å². The minimum atomic E-state index is -0.442. The third-order valence-corrected chi connectivity index (χ3v) is 5.56. The molecular formula is C25H26ClN3O4.